The van der Waals surface area contributed by atoms with Crippen molar-refractivity contribution in [1.29, 1.82) is 0 Å². The van der Waals surface area contributed by atoms with Gasteiger partial charge in [-0.3, -0.25) is 9.67 Å². The van der Waals surface area contributed by atoms with Gasteiger partial charge in [-0.05, 0) is 26.3 Å². The molecule has 0 amide bonds. The van der Waals surface area contributed by atoms with Crippen molar-refractivity contribution in [2.24, 2.45) is 0 Å². The molecule has 0 fully saturated rings. The molecule has 0 bridgehead atoms. The highest BCUT2D eigenvalue weighted by atomic mass is 15.3. The van der Waals surface area contributed by atoms with Crippen LogP contribution in [0, 0.1) is 13.8 Å². The van der Waals surface area contributed by atoms with E-state index in [1.54, 1.807) is 12.4 Å². The molecule has 0 aromatic carbocycles. The van der Waals surface area contributed by atoms with Gasteiger partial charge in [0.05, 0.1) is 30.3 Å². The minimum absolute atomic E-state index is 0.667. The molecule has 0 saturated carbocycles. The molecule has 0 spiro atoms. The first-order valence-electron chi connectivity index (χ1n) is 6.25. The molecule has 0 unspecified atom stereocenters. The fourth-order valence-electron chi connectivity index (χ4n) is 1.77. The van der Waals surface area contributed by atoms with Crippen molar-refractivity contribution in [3.8, 4) is 0 Å². The lowest BCUT2D eigenvalue weighted by Gasteiger charge is -2.06. The summed E-state index contributed by atoms with van der Waals surface area (Å²) in [5, 5.41) is 7.62. The smallest absolute Gasteiger partial charge is 0.144 e. The van der Waals surface area contributed by atoms with Crippen LogP contribution in [0.5, 0.6) is 0 Å². The van der Waals surface area contributed by atoms with E-state index in [9.17, 15) is 0 Å². The molecule has 0 aliphatic rings. The summed E-state index contributed by atoms with van der Waals surface area (Å²) < 4.78 is 1.94. The van der Waals surface area contributed by atoms with Gasteiger partial charge in [0, 0.05) is 12.2 Å². The Hall–Kier alpha value is -1.91. The molecule has 0 radical (unpaired) electrons. The van der Waals surface area contributed by atoms with Gasteiger partial charge in [0.1, 0.15) is 5.82 Å². The van der Waals surface area contributed by atoms with Gasteiger partial charge >= 0.3 is 0 Å². The predicted molar refractivity (Wildman–Crippen MR) is 71.6 cm³/mol. The van der Waals surface area contributed by atoms with E-state index < -0.39 is 0 Å². The Bertz CT molecular complexity index is 501. The number of nitrogens with one attached hydrogen (secondary N) is 1. The summed E-state index contributed by atoms with van der Waals surface area (Å²) in [4.78, 5) is 8.73. The van der Waals surface area contributed by atoms with Crippen LogP contribution in [-0.2, 0) is 6.54 Å². The SMILES string of the molecule is CCCNc1cnc(Cn2nc(C)cc2C)cn1. The first-order chi connectivity index (χ1) is 8.69. The van der Waals surface area contributed by atoms with Crippen molar-refractivity contribution in [2.75, 3.05) is 11.9 Å². The standard InChI is InChI=1S/C13H19N5/c1-4-5-14-13-8-15-12(7-16-13)9-18-11(3)6-10(2)17-18/h6-8H,4-5,9H2,1-3H3,(H,14,16). The van der Waals surface area contributed by atoms with Gasteiger partial charge in [0.2, 0.25) is 0 Å². The zero-order chi connectivity index (χ0) is 13.0. The Morgan fingerprint density at radius 3 is 2.61 bits per heavy atom. The van der Waals surface area contributed by atoms with Crippen LogP contribution in [-0.4, -0.2) is 26.3 Å². The van der Waals surface area contributed by atoms with Crippen LogP contribution in [0.1, 0.15) is 30.4 Å². The summed E-state index contributed by atoms with van der Waals surface area (Å²) >= 11 is 0. The highest BCUT2D eigenvalue weighted by molar-refractivity contribution is 5.30. The van der Waals surface area contributed by atoms with Gasteiger partial charge in [0.15, 0.2) is 0 Å². The van der Waals surface area contributed by atoms with E-state index in [2.05, 4.69) is 33.4 Å². The summed E-state index contributed by atoms with van der Waals surface area (Å²) in [6, 6.07) is 2.06. The van der Waals surface area contributed by atoms with Gasteiger partial charge in [-0.25, -0.2) is 4.98 Å². The van der Waals surface area contributed by atoms with E-state index in [-0.39, 0.29) is 0 Å². The van der Waals surface area contributed by atoms with Crippen LogP contribution in [0.3, 0.4) is 0 Å². The summed E-state index contributed by atoms with van der Waals surface area (Å²) in [6.07, 6.45) is 4.65. The second kappa shape index (κ2) is 5.62. The molecule has 2 aromatic heterocycles. The van der Waals surface area contributed by atoms with Crippen molar-refractivity contribution in [2.45, 2.75) is 33.7 Å². The average molecular weight is 245 g/mol. The van der Waals surface area contributed by atoms with Crippen LogP contribution in [0.15, 0.2) is 18.5 Å². The molecule has 2 aromatic rings. The maximum absolute atomic E-state index is 4.41. The van der Waals surface area contributed by atoms with Crippen LogP contribution in [0.4, 0.5) is 5.82 Å². The molecule has 0 aliphatic heterocycles. The third-order valence-corrected chi connectivity index (χ3v) is 2.68. The van der Waals surface area contributed by atoms with Gasteiger partial charge in [-0.2, -0.15) is 5.10 Å². The average Bonchev–Trinajstić information content (AvgIpc) is 2.67. The van der Waals surface area contributed by atoms with Crippen LogP contribution in [0.2, 0.25) is 0 Å². The monoisotopic (exact) mass is 245 g/mol. The van der Waals surface area contributed by atoms with E-state index in [1.165, 1.54) is 0 Å². The topological polar surface area (TPSA) is 55.6 Å². The fraction of sp³-hybridized carbons (Fsp3) is 0.462. The largest absolute Gasteiger partial charge is 0.369 e. The second-order valence-electron chi connectivity index (χ2n) is 4.40. The number of hydrogen-bond donors (Lipinski definition) is 1. The molecule has 96 valence electrons. The second-order valence-corrected chi connectivity index (χ2v) is 4.40. The number of aryl methyl sites for hydroxylation is 2. The molecular formula is C13H19N5. The fourth-order valence-corrected chi connectivity index (χ4v) is 1.77. The third-order valence-electron chi connectivity index (χ3n) is 2.68. The maximum atomic E-state index is 4.41. The lowest BCUT2D eigenvalue weighted by atomic mass is 10.4. The summed E-state index contributed by atoms with van der Waals surface area (Å²) in [5.41, 5.74) is 3.09. The van der Waals surface area contributed by atoms with Crippen molar-refractivity contribution in [3.05, 3.63) is 35.5 Å². The van der Waals surface area contributed by atoms with Crippen LogP contribution < -0.4 is 5.32 Å². The van der Waals surface area contributed by atoms with Crippen LogP contribution in [0.25, 0.3) is 0 Å². The quantitative estimate of drug-likeness (QED) is 0.877. The number of anilines is 1. The van der Waals surface area contributed by atoms with E-state index in [0.29, 0.717) is 6.54 Å². The molecule has 0 atom stereocenters. The Morgan fingerprint density at radius 1 is 1.22 bits per heavy atom. The Labute approximate surface area is 107 Å². The number of hydrogen-bond acceptors (Lipinski definition) is 4. The van der Waals surface area contributed by atoms with Crippen molar-refractivity contribution in [1.82, 2.24) is 19.7 Å². The van der Waals surface area contributed by atoms with E-state index in [0.717, 1.165) is 35.9 Å². The summed E-state index contributed by atoms with van der Waals surface area (Å²) in [7, 11) is 0. The molecular weight excluding hydrogens is 226 g/mol. The highest BCUT2D eigenvalue weighted by Crippen LogP contribution is 2.06. The lowest BCUT2D eigenvalue weighted by Crippen LogP contribution is -2.07. The van der Waals surface area contributed by atoms with Crippen LogP contribution >= 0.6 is 0 Å². The van der Waals surface area contributed by atoms with Gasteiger partial charge in [-0.15, -0.1) is 0 Å². The number of aromatic nitrogens is 4. The predicted octanol–water partition coefficient (Wildman–Crippen LogP) is 2.16. The van der Waals surface area contributed by atoms with Crippen molar-refractivity contribution >= 4 is 5.82 Å². The first-order valence-corrected chi connectivity index (χ1v) is 6.25. The molecule has 1 N–H and O–H groups in total. The summed E-state index contributed by atoms with van der Waals surface area (Å²) in [5.74, 6) is 0.828. The Kier molecular flexibility index (Phi) is 3.92. The molecule has 2 heterocycles. The van der Waals surface area contributed by atoms with Gasteiger partial charge in [0.25, 0.3) is 0 Å². The summed E-state index contributed by atoms with van der Waals surface area (Å²) in [6.45, 7) is 7.75. The first kappa shape index (κ1) is 12.5. The van der Waals surface area contributed by atoms with Crippen molar-refractivity contribution in [3.63, 3.8) is 0 Å². The van der Waals surface area contributed by atoms with E-state index in [1.807, 2.05) is 18.5 Å². The molecule has 5 heteroatoms. The highest BCUT2D eigenvalue weighted by Gasteiger charge is 2.03. The molecule has 0 saturated heterocycles. The van der Waals surface area contributed by atoms with Gasteiger partial charge in [-0.1, -0.05) is 6.92 Å². The van der Waals surface area contributed by atoms with E-state index >= 15 is 0 Å². The number of rotatable bonds is 5. The third kappa shape index (κ3) is 3.06. The lowest BCUT2D eigenvalue weighted by molar-refractivity contribution is 0.644. The minimum atomic E-state index is 0.667. The Balaban J connectivity index is 2.04. The molecule has 2 rings (SSSR count). The zero-order valence-electron chi connectivity index (χ0n) is 11.1. The number of nitrogens with zero attached hydrogens (tertiary/aromatic N) is 4. The van der Waals surface area contributed by atoms with Gasteiger partial charge < -0.3 is 5.32 Å². The molecule has 5 nitrogen and oxygen atoms in total. The maximum Gasteiger partial charge on any atom is 0.144 e. The normalized spacial score (nSPS) is 10.6. The van der Waals surface area contributed by atoms with E-state index in [4.69, 9.17) is 0 Å². The zero-order valence-corrected chi connectivity index (χ0v) is 11.1. The Morgan fingerprint density at radius 2 is 2.06 bits per heavy atom. The minimum Gasteiger partial charge on any atom is -0.369 e. The van der Waals surface area contributed by atoms with Crippen molar-refractivity contribution < 1.29 is 0 Å². The molecule has 0 aliphatic carbocycles. The molecule has 18 heavy (non-hydrogen) atoms.